The zero-order valence-corrected chi connectivity index (χ0v) is 17.1. The summed E-state index contributed by atoms with van der Waals surface area (Å²) in [4.78, 5) is 31.3. The van der Waals surface area contributed by atoms with Gasteiger partial charge in [0.15, 0.2) is 0 Å². The van der Waals surface area contributed by atoms with Crippen molar-refractivity contribution in [3.63, 3.8) is 0 Å². The Kier molecular flexibility index (Phi) is 7.56. The minimum absolute atomic E-state index is 0.0492. The molecule has 0 saturated heterocycles. The first kappa shape index (κ1) is 21.9. The lowest BCUT2D eigenvalue weighted by Gasteiger charge is -2.31. The molecule has 1 amide bonds. The summed E-state index contributed by atoms with van der Waals surface area (Å²) < 4.78 is 4.91. The molecular weight excluding hydrogens is 332 g/mol. The molecule has 1 aromatic heterocycles. The SMILES string of the molecule is COC(=O)[C@@H](N[C@@H](C(=O)NC(C)(C)C)c1cnccc1N(C)C)C(C)C. The van der Waals surface area contributed by atoms with Gasteiger partial charge in [-0.15, -0.1) is 0 Å². The van der Waals surface area contributed by atoms with Crippen molar-refractivity contribution in [2.24, 2.45) is 5.92 Å². The van der Waals surface area contributed by atoms with Gasteiger partial charge in [-0.2, -0.15) is 0 Å². The Labute approximate surface area is 156 Å². The van der Waals surface area contributed by atoms with E-state index in [9.17, 15) is 9.59 Å². The average molecular weight is 364 g/mol. The third-order valence-corrected chi connectivity index (χ3v) is 3.85. The molecular formula is C19H32N4O3. The van der Waals surface area contributed by atoms with Gasteiger partial charge >= 0.3 is 5.97 Å². The van der Waals surface area contributed by atoms with Gasteiger partial charge in [-0.1, -0.05) is 13.8 Å². The van der Waals surface area contributed by atoms with E-state index in [0.29, 0.717) is 5.56 Å². The zero-order valence-electron chi connectivity index (χ0n) is 17.1. The average Bonchev–Trinajstić information content (AvgIpc) is 2.53. The van der Waals surface area contributed by atoms with Gasteiger partial charge in [-0.3, -0.25) is 19.9 Å². The molecule has 0 unspecified atom stereocenters. The smallest absolute Gasteiger partial charge is 0.323 e. The summed E-state index contributed by atoms with van der Waals surface area (Å²) in [6.07, 6.45) is 3.34. The number of aromatic nitrogens is 1. The van der Waals surface area contributed by atoms with Crippen molar-refractivity contribution in [3.8, 4) is 0 Å². The molecule has 1 rings (SSSR count). The van der Waals surface area contributed by atoms with Crippen molar-refractivity contribution in [2.45, 2.75) is 52.2 Å². The third kappa shape index (κ3) is 5.98. The van der Waals surface area contributed by atoms with Gasteiger partial charge in [0.1, 0.15) is 12.1 Å². The maximum atomic E-state index is 13.0. The van der Waals surface area contributed by atoms with Gasteiger partial charge in [-0.05, 0) is 32.8 Å². The van der Waals surface area contributed by atoms with Gasteiger partial charge < -0.3 is 15.0 Å². The quantitative estimate of drug-likeness (QED) is 0.719. The molecule has 146 valence electrons. The molecule has 7 nitrogen and oxygen atoms in total. The highest BCUT2D eigenvalue weighted by molar-refractivity contribution is 5.87. The van der Waals surface area contributed by atoms with Crippen molar-refractivity contribution >= 4 is 17.6 Å². The van der Waals surface area contributed by atoms with E-state index in [2.05, 4.69) is 15.6 Å². The summed E-state index contributed by atoms with van der Waals surface area (Å²) in [5.74, 6) is -0.668. The highest BCUT2D eigenvalue weighted by Crippen LogP contribution is 2.26. The normalized spacial score (nSPS) is 13.9. The van der Waals surface area contributed by atoms with Crippen LogP contribution in [0.15, 0.2) is 18.5 Å². The molecule has 0 aliphatic carbocycles. The van der Waals surface area contributed by atoms with Crippen LogP contribution in [-0.4, -0.2) is 49.6 Å². The number of nitrogens with zero attached hydrogens (tertiary/aromatic N) is 2. The number of methoxy groups -OCH3 is 1. The highest BCUT2D eigenvalue weighted by atomic mass is 16.5. The second kappa shape index (κ2) is 8.98. The molecule has 1 aromatic rings. The molecule has 0 spiro atoms. The fourth-order valence-electron chi connectivity index (χ4n) is 2.62. The predicted octanol–water partition coefficient (Wildman–Crippen LogP) is 1.89. The van der Waals surface area contributed by atoms with Gasteiger partial charge in [0.25, 0.3) is 0 Å². The van der Waals surface area contributed by atoms with Gasteiger partial charge in [-0.25, -0.2) is 0 Å². The number of hydrogen-bond acceptors (Lipinski definition) is 6. The minimum Gasteiger partial charge on any atom is -0.468 e. The summed E-state index contributed by atoms with van der Waals surface area (Å²) >= 11 is 0. The molecule has 0 saturated carbocycles. The zero-order chi connectivity index (χ0) is 20.1. The van der Waals surface area contributed by atoms with E-state index in [1.54, 1.807) is 12.4 Å². The Morgan fingerprint density at radius 1 is 1.23 bits per heavy atom. The summed E-state index contributed by atoms with van der Waals surface area (Å²) in [5.41, 5.74) is 1.15. The number of nitrogens with one attached hydrogen (secondary N) is 2. The summed E-state index contributed by atoms with van der Waals surface area (Å²) in [7, 11) is 5.15. The summed E-state index contributed by atoms with van der Waals surface area (Å²) in [6, 6.07) is 0.481. The van der Waals surface area contributed by atoms with E-state index in [-0.39, 0.29) is 11.8 Å². The van der Waals surface area contributed by atoms with Crippen molar-refractivity contribution in [3.05, 3.63) is 24.0 Å². The largest absolute Gasteiger partial charge is 0.468 e. The van der Waals surface area contributed by atoms with Gasteiger partial charge in [0, 0.05) is 43.3 Å². The number of pyridine rings is 1. The molecule has 0 fully saturated rings. The monoisotopic (exact) mass is 364 g/mol. The number of carbonyl (C=O) groups excluding carboxylic acids is 2. The topological polar surface area (TPSA) is 83.6 Å². The second-order valence-corrected chi connectivity index (χ2v) is 7.91. The van der Waals surface area contributed by atoms with Gasteiger partial charge in [0.05, 0.1) is 7.11 Å². The number of esters is 1. The van der Waals surface area contributed by atoms with E-state index in [4.69, 9.17) is 4.74 Å². The first-order valence-corrected chi connectivity index (χ1v) is 8.75. The van der Waals surface area contributed by atoms with Crippen LogP contribution < -0.4 is 15.5 Å². The van der Waals surface area contributed by atoms with Crippen LogP contribution in [0.25, 0.3) is 0 Å². The molecule has 0 aliphatic rings. The second-order valence-electron chi connectivity index (χ2n) is 7.91. The Hall–Kier alpha value is -2.15. The van der Waals surface area contributed by atoms with Gasteiger partial charge in [0.2, 0.25) is 5.91 Å². The lowest BCUT2D eigenvalue weighted by molar-refractivity contribution is -0.144. The Balaban J connectivity index is 3.35. The first-order chi connectivity index (χ1) is 12.0. The Morgan fingerprint density at radius 2 is 1.85 bits per heavy atom. The number of carbonyl (C=O) groups is 2. The molecule has 26 heavy (non-hydrogen) atoms. The fraction of sp³-hybridized carbons (Fsp3) is 0.632. The van der Waals surface area contributed by atoms with Crippen LogP contribution in [-0.2, 0) is 14.3 Å². The third-order valence-electron chi connectivity index (χ3n) is 3.85. The van der Waals surface area contributed by atoms with E-state index in [0.717, 1.165) is 5.69 Å². The van der Waals surface area contributed by atoms with E-state index in [1.807, 2.05) is 59.7 Å². The van der Waals surface area contributed by atoms with Crippen LogP contribution in [0.2, 0.25) is 0 Å². The number of amides is 1. The molecule has 0 aliphatic heterocycles. The standard InChI is InChI=1S/C19H32N4O3/c1-12(2)15(18(25)26-8)21-16(17(24)22-19(3,4)5)13-11-20-10-9-14(13)23(6)7/h9-12,15-16,21H,1-8H3,(H,22,24)/t15-,16+/m0/s1. The maximum absolute atomic E-state index is 13.0. The molecule has 2 N–H and O–H groups in total. The van der Waals surface area contributed by atoms with Crippen LogP contribution in [0.5, 0.6) is 0 Å². The number of hydrogen-bond donors (Lipinski definition) is 2. The van der Waals surface area contributed by atoms with Crippen LogP contribution in [0, 0.1) is 5.92 Å². The van der Waals surface area contributed by atoms with Crippen molar-refractivity contribution in [2.75, 3.05) is 26.1 Å². The van der Waals surface area contributed by atoms with Crippen LogP contribution in [0.4, 0.5) is 5.69 Å². The van der Waals surface area contributed by atoms with Crippen molar-refractivity contribution in [1.82, 2.24) is 15.6 Å². The Bertz CT molecular complexity index is 623. The number of ether oxygens (including phenoxy) is 1. The number of rotatable bonds is 7. The molecule has 0 radical (unpaired) electrons. The lowest BCUT2D eigenvalue weighted by Crippen LogP contribution is -2.52. The van der Waals surface area contributed by atoms with Crippen LogP contribution >= 0.6 is 0 Å². The molecule has 2 atom stereocenters. The molecule has 0 aromatic carbocycles. The minimum atomic E-state index is -0.744. The van der Waals surface area contributed by atoms with E-state index in [1.165, 1.54) is 7.11 Å². The Morgan fingerprint density at radius 3 is 2.31 bits per heavy atom. The highest BCUT2D eigenvalue weighted by Gasteiger charge is 2.33. The molecule has 0 bridgehead atoms. The molecule has 1 heterocycles. The first-order valence-electron chi connectivity index (χ1n) is 8.75. The van der Waals surface area contributed by atoms with E-state index >= 15 is 0 Å². The fourth-order valence-corrected chi connectivity index (χ4v) is 2.62. The van der Waals surface area contributed by atoms with Crippen LogP contribution in [0.1, 0.15) is 46.2 Å². The van der Waals surface area contributed by atoms with Crippen molar-refractivity contribution in [1.29, 1.82) is 0 Å². The molecule has 7 heteroatoms. The predicted molar refractivity (Wildman–Crippen MR) is 103 cm³/mol. The summed E-state index contributed by atoms with van der Waals surface area (Å²) in [6.45, 7) is 9.56. The number of anilines is 1. The summed E-state index contributed by atoms with van der Waals surface area (Å²) in [5, 5.41) is 6.17. The lowest BCUT2D eigenvalue weighted by atomic mass is 9.98. The van der Waals surface area contributed by atoms with Crippen molar-refractivity contribution < 1.29 is 14.3 Å². The van der Waals surface area contributed by atoms with E-state index < -0.39 is 23.6 Å². The maximum Gasteiger partial charge on any atom is 0.323 e. The van der Waals surface area contributed by atoms with Crippen LogP contribution in [0.3, 0.4) is 0 Å².